The third-order valence-electron chi connectivity index (χ3n) is 2.08. The van der Waals surface area contributed by atoms with Crippen molar-refractivity contribution in [2.24, 2.45) is 0 Å². The largest absolute Gasteiger partial charge is 0.319 e. The first kappa shape index (κ1) is 13.2. The van der Waals surface area contributed by atoms with Gasteiger partial charge in [0.15, 0.2) is 0 Å². The molecule has 84 valence electrons. The van der Waals surface area contributed by atoms with E-state index in [1.807, 2.05) is 37.0 Å². The molecule has 0 radical (unpaired) electrons. The summed E-state index contributed by atoms with van der Waals surface area (Å²) < 4.78 is 0. The standard InChI is InChI=1S/C11H15Cl2NS/c1-3-8(7-14-2)15-9-4-5-10(12)11(13)6-9/h4-6,8,14H,3,7H2,1-2H3. The van der Waals surface area contributed by atoms with E-state index in [1.165, 1.54) is 4.90 Å². The van der Waals surface area contributed by atoms with Gasteiger partial charge >= 0.3 is 0 Å². The molecule has 4 heteroatoms. The average Bonchev–Trinajstić information content (AvgIpc) is 2.23. The predicted octanol–water partition coefficient (Wildman–Crippen LogP) is 4.08. The Hall–Kier alpha value is 0.110. The van der Waals surface area contributed by atoms with Crippen LogP contribution in [0.25, 0.3) is 0 Å². The summed E-state index contributed by atoms with van der Waals surface area (Å²) in [5.41, 5.74) is 0. The number of hydrogen-bond donors (Lipinski definition) is 1. The average molecular weight is 264 g/mol. The Morgan fingerprint density at radius 1 is 1.33 bits per heavy atom. The minimum absolute atomic E-state index is 0.576. The fourth-order valence-electron chi connectivity index (χ4n) is 1.24. The Morgan fingerprint density at radius 2 is 2.07 bits per heavy atom. The topological polar surface area (TPSA) is 12.0 Å². The maximum Gasteiger partial charge on any atom is 0.0603 e. The lowest BCUT2D eigenvalue weighted by molar-refractivity contribution is 0.726. The lowest BCUT2D eigenvalue weighted by Gasteiger charge is -2.13. The van der Waals surface area contributed by atoms with Crippen LogP contribution in [0, 0.1) is 0 Å². The summed E-state index contributed by atoms with van der Waals surface area (Å²) in [6, 6.07) is 5.78. The molecule has 0 aliphatic carbocycles. The molecular weight excluding hydrogens is 249 g/mol. The van der Waals surface area contributed by atoms with Crippen LogP contribution >= 0.6 is 35.0 Å². The van der Waals surface area contributed by atoms with Gasteiger partial charge in [0, 0.05) is 16.7 Å². The highest BCUT2D eigenvalue weighted by atomic mass is 35.5. The van der Waals surface area contributed by atoms with E-state index in [0.29, 0.717) is 15.3 Å². The van der Waals surface area contributed by atoms with Crippen LogP contribution in [0.15, 0.2) is 23.1 Å². The SMILES string of the molecule is CCC(CNC)Sc1ccc(Cl)c(Cl)c1. The van der Waals surface area contributed by atoms with Crippen molar-refractivity contribution in [3.8, 4) is 0 Å². The molecule has 0 aliphatic heterocycles. The second-order valence-electron chi connectivity index (χ2n) is 3.28. The minimum atomic E-state index is 0.576. The summed E-state index contributed by atoms with van der Waals surface area (Å²) in [6.07, 6.45) is 1.13. The molecule has 15 heavy (non-hydrogen) atoms. The number of nitrogens with one attached hydrogen (secondary N) is 1. The van der Waals surface area contributed by atoms with Gasteiger partial charge in [-0.25, -0.2) is 0 Å². The van der Waals surface area contributed by atoms with Crippen molar-refractivity contribution in [2.75, 3.05) is 13.6 Å². The molecule has 1 aromatic carbocycles. The molecule has 0 aliphatic rings. The van der Waals surface area contributed by atoms with Crippen LogP contribution in [0.4, 0.5) is 0 Å². The Balaban J connectivity index is 2.66. The van der Waals surface area contributed by atoms with Gasteiger partial charge in [-0.05, 0) is 31.7 Å². The van der Waals surface area contributed by atoms with Crippen LogP contribution in [0.1, 0.15) is 13.3 Å². The van der Waals surface area contributed by atoms with Crippen LogP contribution in [-0.2, 0) is 0 Å². The first-order valence-corrected chi connectivity index (χ1v) is 6.57. The van der Waals surface area contributed by atoms with Crippen molar-refractivity contribution in [1.82, 2.24) is 5.32 Å². The maximum atomic E-state index is 5.96. The van der Waals surface area contributed by atoms with Crippen LogP contribution in [0.2, 0.25) is 10.0 Å². The van der Waals surface area contributed by atoms with Gasteiger partial charge in [0.05, 0.1) is 10.0 Å². The summed E-state index contributed by atoms with van der Waals surface area (Å²) >= 11 is 13.6. The summed E-state index contributed by atoms with van der Waals surface area (Å²) in [5.74, 6) is 0. The lowest BCUT2D eigenvalue weighted by atomic mass is 10.3. The third-order valence-corrected chi connectivity index (χ3v) is 4.18. The zero-order valence-corrected chi connectivity index (χ0v) is 11.2. The highest BCUT2D eigenvalue weighted by Crippen LogP contribution is 2.30. The Kier molecular flexibility index (Phi) is 5.83. The van der Waals surface area contributed by atoms with Crippen molar-refractivity contribution in [1.29, 1.82) is 0 Å². The first-order chi connectivity index (χ1) is 7.17. The first-order valence-electron chi connectivity index (χ1n) is 4.93. The van der Waals surface area contributed by atoms with E-state index in [2.05, 4.69) is 12.2 Å². The number of halogens is 2. The van der Waals surface area contributed by atoms with E-state index in [0.717, 1.165) is 13.0 Å². The molecule has 1 nitrogen and oxygen atoms in total. The van der Waals surface area contributed by atoms with Gasteiger partial charge in [0.2, 0.25) is 0 Å². The molecule has 1 unspecified atom stereocenters. The summed E-state index contributed by atoms with van der Waals surface area (Å²) in [5, 5.41) is 5.00. The minimum Gasteiger partial charge on any atom is -0.319 e. The summed E-state index contributed by atoms with van der Waals surface area (Å²) in [4.78, 5) is 1.17. The van der Waals surface area contributed by atoms with Gasteiger partial charge in [0.1, 0.15) is 0 Å². The van der Waals surface area contributed by atoms with E-state index in [-0.39, 0.29) is 0 Å². The Bertz CT molecular complexity index is 317. The fraction of sp³-hybridized carbons (Fsp3) is 0.455. The summed E-state index contributed by atoms with van der Waals surface area (Å²) in [6.45, 7) is 3.19. The number of thioether (sulfide) groups is 1. The quantitative estimate of drug-likeness (QED) is 0.804. The van der Waals surface area contributed by atoms with Crippen molar-refractivity contribution >= 4 is 35.0 Å². The molecular formula is C11H15Cl2NS. The molecule has 0 bridgehead atoms. The molecule has 0 saturated heterocycles. The van der Waals surface area contributed by atoms with Crippen molar-refractivity contribution in [3.63, 3.8) is 0 Å². The highest BCUT2D eigenvalue weighted by molar-refractivity contribution is 8.00. The van der Waals surface area contributed by atoms with Gasteiger partial charge in [0.25, 0.3) is 0 Å². The van der Waals surface area contributed by atoms with Crippen molar-refractivity contribution in [3.05, 3.63) is 28.2 Å². The van der Waals surface area contributed by atoms with Gasteiger partial charge < -0.3 is 5.32 Å². The third kappa shape index (κ3) is 4.23. The molecule has 0 amide bonds. The second kappa shape index (κ2) is 6.64. The van der Waals surface area contributed by atoms with E-state index in [1.54, 1.807) is 0 Å². The monoisotopic (exact) mass is 263 g/mol. The van der Waals surface area contributed by atoms with Gasteiger partial charge in [-0.2, -0.15) is 0 Å². The molecule has 0 fully saturated rings. The van der Waals surface area contributed by atoms with E-state index >= 15 is 0 Å². The molecule has 1 atom stereocenters. The highest BCUT2D eigenvalue weighted by Gasteiger charge is 2.08. The van der Waals surface area contributed by atoms with Crippen LogP contribution in [0.5, 0.6) is 0 Å². The second-order valence-corrected chi connectivity index (χ2v) is 5.47. The zero-order chi connectivity index (χ0) is 11.3. The molecule has 1 N–H and O–H groups in total. The van der Waals surface area contributed by atoms with Crippen LogP contribution < -0.4 is 5.32 Å². The molecule has 1 aromatic rings. The van der Waals surface area contributed by atoms with Gasteiger partial charge in [-0.1, -0.05) is 30.1 Å². The maximum absolute atomic E-state index is 5.96. The van der Waals surface area contributed by atoms with Gasteiger partial charge in [-0.3, -0.25) is 0 Å². The normalized spacial score (nSPS) is 12.8. The molecule has 0 spiro atoms. The van der Waals surface area contributed by atoms with Crippen LogP contribution in [0.3, 0.4) is 0 Å². The predicted molar refractivity (Wildman–Crippen MR) is 70.3 cm³/mol. The number of hydrogen-bond acceptors (Lipinski definition) is 2. The molecule has 0 heterocycles. The zero-order valence-electron chi connectivity index (χ0n) is 8.89. The lowest BCUT2D eigenvalue weighted by Crippen LogP contribution is -2.19. The van der Waals surface area contributed by atoms with Crippen molar-refractivity contribution < 1.29 is 0 Å². The smallest absolute Gasteiger partial charge is 0.0603 e. The number of benzene rings is 1. The van der Waals surface area contributed by atoms with E-state index < -0.39 is 0 Å². The summed E-state index contributed by atoms with van der Waals surface area (Å²) in [7, 11) is 1.97. The molecule has 1 rings (SSSR count). The Morgan fingerprint density at radius 3 is 2.60 bits per heavy atom. The fourth-order valence-corrected chi connectivity index (χ4v) is 2.74. The molecule has 0 saturated carbocycles. The van der Waals surface area contributed by atoms with E-state index in [9.17, 15) is 0 Å². The number of rotatable bonds is 5. The van der Waals surface area contributed by atoms with E-state index in [4.69, 9.17) is 23.2 Å². The molecule has 0 aromatic heterocycles. The van der Waals surface area contributed by atoms with Crippen LogP contribution in [-0.4, -0.2) is 18.8 Å². The van der Waals surface area contributed by atoms with Gasteiger partial charge in [-0.15, -0.1) is 11.8 Å². The van der Waals surface area contributed by atoms with Crippen molar-refractivity contribution in [2.45, 2.75) is 23.5 Å². The Labute approximate surface area is 106 Å².